The molecule has 0 aliphatic carbocycles. The summed E-state index contributed by atoms with van der Waals surface area (Å²) in [6, 6.07) is 5.24. The highest BCUT2D eigenvalue weighted by molar-refractivity contribution is 7.89. The molecule has 2 heterocycles. The summed E-state index contributed by atoms with van der Waals surface area (Å²) >= 11 is 0. The number of sulfonamides is 1. The fourth-order valence-corrected chi connectivity index (χ4v) is 4.48. The molecule has 2 aromatic rings. The second kappa shape index (κ2) is 7.16. The maximum Gasteiger partial charge on any atom is 0.263 e. The smallest absolute Gasteiger partial charge is 0.263 e. The molecule has 1 aliphatic rings. The van der Waals surface area contributed by atoms with Gasteiger partial charge in [-0.15, -0.1) is 0 Å². The molecular formula is C17H21FN4O3S. The first-order chi connectivity index (χ1) is 12.3. The highest BCUT2D eigenvalue weighted by Crippen LogP contribution is 2.25. The highest BCUT2D eigenvalue weighted by atomic mass is 32.2. The minimum atomic E-state index is -3.86. The fourth-order valence-electron chi connectivity index (χ4n) is 2.89. The Morgan fingerprint density at radius 2 is 1.85 bits per heavy atom. The first-order valence-corrected chi connectivity index (χ1v) is 9.82. The van der Waals surface area contributed by atoms with Crippen LogP contribution in [0.3, 0.4) is 0 Å². The fraction of sp³-hybridized carbons (Fsp3) is 0.412. The van der Waals surface area contributed by atoms with E-state index in [1.165, 1.54) is 39.4 Å². The minimum Gasteiger partial charge on any atom is -0.322 e. The predicted octanol–water partition coefficient (Wildman–Crippen LogP) is 2.23. The first kappa shape index (κ1) is 18.5. The number of piperidine rings is 1. The zero-order chi connectivity index (χ0) is 18.9. The van der Waals surface area contributed by atoms with E-state index in [0.717, 1.165) is 12.8 Å². The molecule has 0 saturated carbocycles. The summed E-state index contributed by atoms with van der Waals surface area (Å²) in [4.78, 5) is 12.6. The standard InChI is InChI=1S/C17H21FN4O3S/c1-12-7-9-22(10-8-12)26(24,25)17-15(11-21(2)20-17)16(23)19-14-5-3-13(18)4-6-14/h3-6,11-12H,7-10H2,1-2H3,(H,19,23). The van der Waals surface area contributed by atoms with E-state index in [1.807, 2.05) is 0 Å². The Hall–Kier alpha value is -2.26. The lowest BCUT2D eigenvalue weighted by atomic mass is 10.0. The maximum atomic E-state index is 13.0. The number of hydrogen-bond acceptors (Lipinski definition) is 4. The number of aryl methyl sites for hydroxylation is 1. The second-order valence-electron chi connectivity index (χ2n) is 6.57. The molecular weight excluding hydrogens is 359 g/mol. The quantitative estimate of drug-likeness (QED) is 0.882. The van der Waals surface area contributed by atoms with E-state index < -0.39 is 21.7 Å². The minimum absolute atomic E-state index is 0.0320. The Bertz CT molecular complexity index is 901. The summed E-state index contributed by atoms with van der Waals surface area (Å²) < 4.78 is 41.6. The van der Waals surface area contributed by atoms with E-state index in [4.69, 9.17) is 0 Å². The van der Waals surface area contributed by atoms with E-state index in [2.05, 4.69) is 17.3 Å². The van der Waals surface area contributed by atoms with Gasteiger partial charge in [-0.05, 0) is 43.0 Å². The Morgan fingerprint density at radius 3 is 2.46 bits per heavy atom. The number of benzene rings is 1. The third-order valence-corrected chi connectivity index (χ3v) is 6.30. The molecule has 140 valence electrons. The zero-order valence-corrected chi connectivity index (χ0v) is 15.5. The van der Waals surface area contributed by atoms with Crippen LogP contribution in [0.4, 0.5) is 10.1 Å². The van der Waals surface area contributed by atoms with Crippen molar-refractivity contribution in [3.63, 3.8) is 0 Å². The number of nitrogens with one attached hydrogen (secondary N) is 1. The lowest BCUT2D eigenvalue weighted by Crippen LogP contribution is -2.38. The van der Waals surface area contributed by atoms with Crippen LogP contribution in [0.25, 0.3) is 0 Å². The number of nitrogens with zero attached hydrogens (tertiary/aromatic N) is 3. The Balaban J connectivity index is 1.87. The van der Waals surface area contributed by atoms with Gasteiger partial charge >= 0.3 is 0 Å². The number of amides is 1. The van der Waals surface area contributed by atoms with Crippen LogP contribution in [0.15, 0.2) is 35.5 Å². The molecule has 1 aliphatic heterocycles. The predicted molar refractivity (Wildman–Crippen MR) is 94.7 cm³/mol. The van der Waals surface area contributed by atoms with E-state index in [0.29, 0.717) is 24.7 Å². The molecule has 1 N–H and O–H groups in total. The van der Waals surface area contributed by atoms with Crippen LogP contribution in [0.5, 0.6) is 0 Å². The topological polar surface area (TPSA) is 84.3 Å². The molecule has 1 aromatic carbocycles. The molecule has 0 radical (unpaired) electrons. The number of aromatic nitrogens is 2. The van der Waals surface area contributed by atoms with Crippen LogP contribution in [-0.4, -0.2) is 41.5 Å². The average Bonchev–Trinajstić information content (AvgIpc) is 3.00. The summed E-state index contributed by atoms with van der Waals surface area (Å²) in [5.74, 6) is -0.549. The number of rotatable bonds is 4. The molecule has 0 unspecified atom stereocenters. The average molecular weight is 380 g/mol. The number of carbonyl (C=O) groups is 1. The van der Waals surface area contributed by atoms with Crippen molar-refractivity contribution in [3.8, 4) is 0 Å². The van der Waals surface area contributed by atoms with Gasteiger partial charge in [0.25, 0.3) is 15.9 Å². The largest absolute Gasteiger partial charge is 0.322 e. The number of halogens is 1. The third kappa shape index (κ3) is 3.78. The van der Waals surface area contributed by atoms with Gasteiger partial charge in [0.1, 0.15) is 5.82 Å². The highest BCUT2D eigenvalue weighted by Gasteiger charge is 2.34. The molecule has 1 aromatic heterocycles. The van der Waals surface area contributed by atoms with Crippen LogP contribution >= 0.6 is 0 Å². The summed E-state index contributed by atoms with van der Waals surface area (Å²) in [5, 5.41) is 6.34. The van der Waals surface area contributed by atoms with Crippen LogP contribution in [0.1, 0.15) is 30.1 Å². The van der Waals surface area contributed by atoms with Crippen molar-refractivity contribution in [3.05, 3.63) is 41.8 Å². The lowest BCUT2D eigenvalue weighted by molar-refractivity contribution is 0.102. The third-order valence-electron chi connectivity index (χ3n) is 4.47. The van der Waals surface area contributed by atoms with Gasteiger partial charge in [-0.25, -0.2) is 12.8 Å². The van der Waals surface area contributed by atoms with Gasteiger partial charge in [0, 0.05) is 32.0 Å². The second-order valence-corrected chi connectivity index (χ2v) is 8.42. The first-order valence-electron chi connectivity index (χ1n) is 8.38. The van der Waals surface area contributed by atoms with Gasteiger partial charge in [0.2, 0.25) is 5.03 Å². The van der Waals surface area contributed by atoms with Crippen LogP contribution in [0.2, 0.25) is 0 Å². The van der Waals surface area contributed by atoms with E-state index in [-0.39, 0.29) is 10.6 Å². The van der Waals surface area contributed by atoms with Gasteiger partial charge in [-0.3, -0.25) is 9.48 Å². The monoisotopic (exact) mass is 380 g/mol. The van der Waals surface area contributed by atoms with Crippen LogP contribution < -0.4 is 5.32 Å². The van der Waals surface area contributed by atoms with E-state index in [1.54, 1.807) is 7.05 Å². The summed E-state index contributed by atoms with van der Waals surface area (Å²) in [6.45, 7) is 2.92. The SMILES string of the molecule is CC1CCN(S(=O)(=O)c2nn(C)cc2C(=O)Nc2ccc(F)cc2)CC1. The molecule has 0 spiro atoms. The van der Waals surface area contributed by atoms with Gasteiger partial charge < -0.3 is 5.32 Å². The molecule has 0 atom stereocenters. The van der Waals surface area contributed by atoms with E-state index >= 15 is 0 Å². The molecule has 3 rings (SSSR count). The van der Waals surface area contributed by atoms with Crippen molar-refractivity contribution in [1.82, 2.24) is 14.1 Å². The van der Waals surface area contributed by atoms with Gasteiger partial charge in [-0.1, -0.05) is 6.92 Å². The molecule has 7 nitrogen and oxygen atoms in total. The Morgan fingerprint density at radius 1 is 1.23 bits per heavy atom. The van der Waals surface area contributed by atoms with Crippen molar-refractivity contribution >= 4 is 21.6 Å². The summed E-state index contributed by atoms with van der Waals surface area (Å²) in [7, 11) is -2.30. The van der Waals surface area contributed by atoms with Gasteiger partial charge in [0.05, 0.1) is 5.56 Å². The van der Waals surface area contributed by atoms with Gasteiger partial charge in [0.15, 0.2) is 0 Å². The summed E-state index contributed by atoms with van der Waals surface area (Å²) in [6.07, 6.45) is 2.94. The van der Waals surface area contributed by atoms with Crippen LogP contribution in [0, 0.1) is 11.7 Å². The molecule has 1 saturated heterocycles. The van der Waals surface area contributed by atoms with Crippen molar-refractivity contribution in [2.45, 2.75) is 24.8 Å². The maximum absolute atomic E-state index is 13.0. The van der Waals surface area contributed by atoms with Crippen molar-refractivity contribution < 1.29 is 17.6 Å². The Kier molecular flexibility index (Phi) is 5.10. The molecule has 9 heteroatoms. The summed E-state index contributed by atoms with van der Waals surface area (Å²) in [5.41, 5.74) is 0.339. The van der Waals surface area contributed by atoms with Crippen LogP contribution in [-0.2, 0) is 17.1 Å². The number of carbonyl (C=O) groups excluding carboxylic acids is 1. The molecule has 1 amide bonds. The van der Waals surface area contributed by atoms with Crippen molar-refractivity contribution in [1.29, 1.82) is 0 Å². The van der Waals surface area contributed by atoms with E-state index in [9.17, 15) is 17.6 Å². The van der Waals surface area contributed by atoms with Crippen molar-refractivity contribution in [2.24, 2.45) is 13.0 Å². The van der Waals surface area contributed by atoms with Gasteiger partial charge in [-0.2, -0.15) is 9.40 Å². The molecule has 26 heavy (non-hydrogen) atoms. The number of hydrogen-bond donors (Lipinski definition) is 1. The Labute approximate surface area is 151 Å². The molecule has 1 fully saturated rings. The normalized spacial score (nSPS) is 16.6. The van der Waals surface area contributed by atoms with Crippen molar-refractivity contribution in [2.75, 3.05) is 18.4 Å². The lowest BCUT2D eigenvalue weighted by Gasteiger charge is -2.28. The molecule has 0 bridgehead atoms. The number of anilines is 1. The zero-order valence-electron chi connectivity index (χ0n) is 14.6.